The van der Waals surface area contributed by atoms with E-state index in [1.54, 1.807) is 11.3 Å². The van der Waals surface area contributed by atoms with E-state index < -0.39 is 0 Å². The van der Waals surface area contributed by atoms with Crippen LogP contribution >= 0.6 is 11.3 Å². The normalized spacial score (nSPS) is 17.5. The molecule has 6 heteroatoms. The molecule has 2 N–H and O–H groups in total. The molecule has 0 amide bonds. The van der Waals surface area contributed by atoms with Gasteiger partial charge in [0.05, 0.1) is 17.2 Å². The quantitative estimate of drug-likeness (QED) is 0.450. The van der Waals surface area contributed by atoms with E-state index in [1.807, 2.05) is 7.05 Å². The Morgan fingerprint density at radius 2 is 2.12 bits per heavy atom. The van der Waals surface area contributed by atoms with E-state index in [0.29, 0.717) is 5.92 Å². The highest BCUT2D eigenvalue weighted by Crippen LogP contribution is 2.19. The van der Waals surface area contributed by atoms with Crippen molar-refractivity contribution < 1.29 is 0 Å². The summed E-state index contributed by atoms with van der Waals surface area (Å²) >= 11 is 1.74. The first-order valence-corrected chi connectivity index (χ1v) is 10.1. The average molecular weight is 352 g/mol. The van der Waals surface area contributed by atoms with Gasteiger partial charge in [-0.25, -0.2) is 4.98 Å². The lowest BCUT2D eigenvalue weighted by molar-refractivity contribution is 0.191. The van der Waals surface area contributed by atoms with Gasteiger partial charge in [-0.1, -0.05) is 20.8 Å². The van der Waals surface area contributed by atoms with Gasteiger partial charge < -0.3 is 15.5 Å². The number of likely N-dealkylation sites (tertiary alicyclic amines) is 1. The highest BCUT2D eigenvalue weighted by Gasteiger charge is 2.14. The number of thiazole rings is 1. The zero-order chi connectivity index (χ0) is 17.4. The molecular weight excluding hydrogens is 318 g/mol. The lowest BCUT2D eigenvalue weighted by Crippen LogP contribution is -2.39. The SMILES string of the molecule is CN=C(NCCCN1CCC(C)CC1)NCc1csc(C(C)C)n1. The Hall–Kier alpha value is -1.14. The van der Waals surface area contributed by atoms with Gasteiger partial charge in [0, 0.05) is 24.9 Å². The van der Waals surface area contributed by atoms with Crippen LogP contribution in [-0.2, 0) is 6.54 Å². The minimum Gasteiger partial charge on any atom is -0.356 e. The number of aromatic nitrogens is 1. The van der Waals surface area contributed by atoms with Crippen molar-refractivity contribution in [2.45, 2.75) is 52.5 Å². The molecule has 2 rings (SSSR count). The van der Waals surface area contributed by atoms with Gasteiger partial charge in [-0.15, -0.1) is 11.3 Å². The molecule has 0 aromatic carbocycles. The third-order valence-electron chi connectivity index (χ3n) is 4.54. The van der Waals surface area contributed by atoms with Crippen molar-refractivity contribution in [1.82, 2.24) is 20.5 Å². The second-order valence-electron chi connectivity index (χ2n) is 7.06. The summed E-state index contributed by atoms with van der Waals surface area (Å²) in [5, 5.41) is 10.1. The smallest absolute Gasteiger partial charge is 0.191 e. The Kier molecular flexibility index (Phi) is 7.99. The van der Waals surface area contributed by atoms with E-state index in [1.165, 1.54) is 37.5 Å². The zero-order valence-electron chi connectivity index (χ0n) is 15.6. The molecular formula is C18H33N5S. The molecule has 0 bridgehead atoms. The van der Waals surface area contributed by atoms with Gasteiger partial charge in [-0.2, -0.15) is 0 Å². The van der Waals surface area contributed by atoms with Crippen molar-refractivity contribution in [2.75, 3.05) is 33.2 Å². The van der Waals surface area contributed by atoms with Gasteiger partial charge >= 0.3 is 0 Å². The number of piperidine rings is 1. The number of aliphatic imine (C=N–C) groups is 1. The van der Waals surface area contributed by atoms with Crippen molar-refractivity contribution in [3.8, 4) is 0 Å². The number of nitrogens with one attached hydrogen (secondary N) is 2. The molecule has 24 heavy (non-hydrogen) atoms. The molecule has 1 saturated heterocycles. The van der Waals surface area contributed by atoms with E-state index in [2.05, 4.69) is 51.7 Å². The van der Waals surface area contributed by atoms with Gasteiger partial charge in [0.15, 0.2) is 5.96 Å². The molecule has 1 aromatic heterocycles. The maximum Gasteiger partial charge on any atom is 0.191 e. The summed E-state index contributed by atoms with van der Waals surface area (Å²) in [5.41, 5.74) is 1.09. The molecule has 0 atom stereocenters. The van der Waals surface area contributed by atoms with Crippen LogP contribution in [-0.4, -0.2) is 49.1 Å². The fraction of sp³-hybridized carbons (Fsp3) is 0.778. The summed E-state index contributed by atoms with van der Waals surface area (Å²) in [4.78, 5) is 11.5. The van der Waals surface area contributed by atoms with Crippen LogP contribution in [0.1, 0.15) is 56.7 Å². The van der Waals surface area contributed by atoms with E-state index in [4.69, 9.17) is 0 Å². The molecule has 136 valence electrons. The summed E-state index contributed by atoms with van der Waals surface area (Å²) < 4.78 is 0. The molecule has 1 aliphatic heterocycles. The lowest BCUT2D eigenvalue weighted by Gasteiger charge is -2.30. The Morgan fingerprint density at radius 3 is 2.75 bits per heavy atom. The predicted molar refractivity (Wildman–Crippen MR) is 104 cm³/mol. The highest BCUT2D eigenvalue weighted by molar-refractivity contribution is 7.09. The van der Waals surface area contributed by atoms with Crippen molar-refractivity contribution in [1.29, 1.82) is 0 Å². The van der Waals surface area contributed by atoms with Crippen LogP contribution in [0.4, 0.5) is 0 Å². The van der Waals surface area contributed by atoms with Crippen LogP contribution in [0.5, 0.6) is 0 Å². The third kappa shape index (κ3) is 6.40. The Bertz CT molecular complexity index is 503. The van der Waals surface area contributed by atoms with Crippen molar-refractivity contribution in [3.05, 3.63) is 16.1 Å². The topological polar surface area (TPSA) is 52.6 Å². The molecule has 1 fully saturated rings. The Morgan fingerprint density at radius 1 is 1.38 bits per heavy atom. The predicted octanol–water partition coefficient (Wildman–Crippen LogP) is 3.05. The maximum atomic E-state index is 4.65. The number of hydrogen-bond donors (Lipinski definition) is 2. The van der Waals surface area contributed by atoms with Crippen LogP contribution in [0.15, 0.2) is 10.4 Å². The van der Waals surface area contributed by atoms with E-state index >= 15 is 0 Å². The zero-order valence-corrected chi connectivity index (χ0v) is 16.5. The maximum absolute atomic E-state index is 4.65. The van der Waals surface area contributed by atoms with E-state index in [9.17, 15) is 0 Å². The van der Waals surface area contributed by atoms with Crippen LogP contribution in [0.3, 0.4) is 0 Å². The van der Waals surface area contributed by atoms with Crippen LogP contribution in [0.25, 0.3) is 0 Å². The van der Waals surface area contributed by atoms with Crippen LogP contribution in [0, 0.1) is 5.92 Å². The van der Waals surface area contributed by atoms with E-state index in [-0.39, 0.29) is 0 Å². The summed E-state index contributed by atoms with van der Waals surface area (Å²) in [5.74, 6) is 2.27. The number of guanidine groups is 1. The standard InChI is InChI=1S/C18H33N5S/c1-14(2)17-22-16(13-24-17)12-21-18(19-4)20-8-5-9-23-10-6-15(3)7-11-23/h13-15H,5-12H2,1-4H3,(H2,19,20,21). The fourth-order valence-corrected chi connectivity index (χ4v) is 3.69. The molecule has 0 spiro atoms. The van der Waals surface area contributed by atoms with Gasteiger partial charge in [0.25, 0.3) is 0 Å². The fourth-order valence-electron chi connectivity index (χ4n) is 2.86. The van der Waals surface area contributed by atoms with Gasteiger partial charge in [0.2, 0.25) is 0 Å². The molecule has 0 saturated carbocycles. The second kappa shape index (κ2) is 9.99. The lowest BCUT2D eigenvalue weighted by atomic mass is 9.99. The first-order chi connectivity index (χ1) is 11.6. The molecule has 0 radical (unpaired) electrons. The monoisotopic (exact) mass is 351 g/mol. The summed E-state index contributed by atoms with van der Waals surface area (Å²) in [6, 6.07) is 0. The first-order valence-electron chi connectivity index (χ1n) is 9.19. The van der Waals surface area contributed by atoms with Crippen molar-refractivity contribution in [2.24, 2.45) is 10.9 Å². The summed E-state index contributed by atoms with van der Waals surface area (Å²) in [7, 11) is 1.82. The van der Waals surface area contributed by atoms with Gasteiger partial charge in [-0.3, -0.25) is 4.99 Å². The van der Waals surface area contributed by atoms with Crippen molar-refractivity contribution in [3.63, 3.8) is 0 Å². The molecule has 0 unspecified atom stereocenters. The molecule has 2 heterocycles. The van der Waals surface area contributed by atoms with Crippen LogP contribution in [0.2, 0.25) is 0 Å². The Labute approximate surface area is 151 Å². The van der Waals surface area contributed by atoms with Crippen LogP contribution < -0.4 is 10.6 Å². The first kappa shape index (κ1) is 19.2. The number of hydrogen-bond acceptors (Lipinski definition) is 4. The highest BCUT2D eigenvalue weighted by atomic mass is 32.1. The molecule has 1 aromatic rings. The average Bonchev–Trinajstić information content (AvgIpc) is 3.05. The summed E-state index contributed by atoms with van der Waals surface area (Å²) in [6.07, 6.45) is 3.86. The van der Waals surface area contributed by atoms with Crippen molar-refractivity contribution >= 4 is 17.3 Å². The molecule has 0 aliphatic carbocycles. The third-order valence-corrected chi connectivity index (χ3v) is 5.74. The van der Waals surface area contributed by atoms with Gasteiger partial charge in [0.1, 0.15) is 0 Å². The largest absolute Gasteiger partial charge is 0.356 e. The number of nitrogens with zero attached hydrogens (tertiary/aromatic N) is 3. The minimum atomic E-state index is 0.499. The summed E-state index contributed by atoms with van der Waals surface area (Å²) in [6.45, 7) is 12.1. The minimum absolute atomic E-state index is 0.499. The van der Waals surface area contributed by atoms with Gasteiger partial charge in [-0.05, 0) is 44.8 Å². The number of rotatable bonds is 7. The second-order valence-corrected chi connectivity index (χ2v) is 7.95. The Balaban J connectivity index is 1.61. The van der Waals surface area contributed by atoms with E-state index in [0.717, 1.165) is 37.1 Å². The molecule has 5 nitrogen and oxygen atoms in total. The molecule has 1 aliphatic rings.